The molecule has 0 amide bonds. The highest BCUT2D eigenvalue weighted by Gasteiger charge is 2.48. The average Bonchev–Trinajstić information content (AvgIpc) is 2.85. The SMILES string of the molecule is Cc1c(C#N)cccc1C(C)Nc1nnc(C)c2ccc(N3CC4(COCCN4C)C3)cc12.O=CO. The summed E-state index contributed by atoms with van der Waals surface area (Å²) in [6, 6.07) is 14.7. The highest BCUT2D eigenvalue weighted by Crippen LogP contribution is 2.37. The summed E-state index contributed by atoms with van der Waals surface area (Å²) in [5, 5.41) is 30.9. The van der Waals surface area contributed by atoms with Gasteiger partial charge in [0.1, 0.15) is 0 Å². The molecule has 36 heavy (non-hydrogen) atoms. The molecular formula is C27H32N6O3. The van der Waals surface area contributed by atoms with Crippen molar-refractivity contribution in [2.75, 3.05) is 50.1 Å². The molecule has 0 radical (unpaired) electrons. The van der Waals surface area contributed by atoms with E-state index in [1.54, 1.807) is 0 Å². The summed E-state index contributed by atoms with van der Waals surface area (Å²) in [5.41, 5.74) is 5.02. The second kappa shape index (κ2) is 10.5. The lowest BCUT2D eigenvalue weighted by molar-refractivity contribution is -0.122. The van der Waals surface area contributed by atoms with Gasteiger partial charge in [-0.25, -0.2) is 0 Å². The van der Waals surface area contributed by atoms with Crippen LogP contribution in [0.15, 0.2) is 36.4 Å². The van der Waals surface area contributed by atoms with E-state index in [1.807, 2.05) is 26.0 Å². The van der Waals surface area contributed by atoms with E-state index in [2.05, 4.69) is 69.6 Å². The first kappa shape index (κ1) is 25.4. The molecule has 1 atom stereocenters. The molecule has 3 aromatic rings. The number of hydrogen-bond acceptors (Lipinski definition) is 8. The van der Waals surface area contributed by atoms with E-state index in [-0.39, 0.29) is 18.1 Å². The summed E-state index contributed by atoms with van der Waals surface area (Å²) in [5.74, 6) is 0.764. The molecule has 0 bridgehead atoms. The monoisotopic (exact) mass is 488 g/mol. The number of fused-ring (bicyclic) bond motifs is 1. The second-order valence-electron chi connectivity index (χ2n) is 9.52. The zero-order chi connectivity index (χ0) is 25.9. The first-order valence-electron chi connectivity index (χ1n) is 12.0. The van der Waals surface area contributed by atoms with Crippen molar-refractivity contribution in [3.8, 4) is 6.07 Å². The van der Waals surface area contributed by atoms with Crippen LogP contribution in [0.3, 0.4) is 0 Å². The van der Waals surface area contributed by atoms with Gasteiger partial charge in [-0.05, 0) is 57.1 Å². The van der Waals surface area contributed by atoms with Gasteiger partial charge in [-0.1, -0.05) is 18.2 Å². The number of aryl methyl sites for hydroxylation is 1. The molecule has 5 rings (SSSR count). The van der Waals surface area contributed by atoms with E-state index in [9.17, 15) is 5.26 Å². The summed E-state index contributed by atoms with van der Waals surface area (Å²) < 4.78 is 5.78. The van der Waals surface area contributed by atoms with E-state index in [0.717, 1.165) is 66.3 Å². The van der Waals surface area contributed by atoms with Gasteiger partial charge in [0.25, 0.3) is 6.47 Å². The van der Waals surface area contributed by atoms with Crippen LogP contribution in [-0.4, -0.2) is 72.1 Å². The Labute approximate surface area is 211 Å². The molecule has 9 nitrogen and oxygen atoms in total. The fourth-order valence-electron chi connectivity index (χ4n) is 5.10. The van der Waals surface area contributed by atoms with Gasteiger partial charge in [-0.15, -0.1) is 5.10 Å². The smallest absolute Gasteiger partial charge is 0.290 e. The van der Waals surface area contributed by atoms with E-state index in [1.165, 1.54) is 5.69 Å². The van der Waals surface area contributed by atoms with Gasteiger partial charge in [0, 0.05) is 36.1 Å². The number of morpholine rings is 1. The molecule has 1 aromatic heterocycles. The lowest BCUT2D eigenvalue weighted by Gasteiger charge is -2.57. The molecule has 0 saturated carbocycles. The predicted octanol–water partition coefficient (Wildman–Crippen LogP) is 3.51. The van der Waals surface area contributed by atoms with Crippen LogP contribution in [0.4, 0.5) is 11.5 Å². The van der Waals surface area contributed by atoms with Crippen molar-refractivity contribution in [1.82, 2.24) is 15.1 Å². The Bertz CT molecular complexity index is 1300. The number of ether oxygens (including phenoxy) is 1. The number of likely N-dealkylation sites (N-methyl/N-ethyl adjacent to an activating group) is 1. The van der Waals surface area contributed by atoms with E-state index in [0.29, 0.717) is 5.56 Å². The highest BCUT2D eigenvalue weighted by molar-refractivity contribution is 5.95. The summed E-state index contributed by atoms with van der Waals surface area (Å²) in [6.07, 6.45) is 0. The van der Waals surface area contributed by atoms with Gasteiger partial charge in [0.2, 0.25) is 0 Å². The summed E-state index contributed by atoms with van der Waals surface area (Å²) in [7, 11) is 2.20. The summed E-state index contributed by atoms with van der Waals surface area (Å²) in [6.45, 7) is 10.4. The fraction of sp³-hybridized carbons (Fsp3) is 0.407. The molecule has 2 aliphatic heterocycles. The van der Waals surface area contributed by atoms with E-state index in [4.69, 9.17) is 14.6 Å². The van der Waals surface area contributed by atoms with Crippen molar-refractivity contribution in [2.24, 2.45) is 0 Å². The molecule has 9 heteroatoms. The van der Waals surface area contributed by atoms with Crippen molar-refractivity contribution in [3.63, 3.8) is 0 Å². The van der Waals surface area contributed by atoms with Crippen LogP contribution in [0.2, 0.25) is 0 Å². The second-order valence-corrected chi connectivity index (χ2v) is 9.52. The molecule has 2 N–H and O–H groups in total. The summed E-state index contributed by atoms with van der Waals surface area (Å²) in [4.78, 5) is 13.2. The van der Waals surface area contributed by atoms with Crippen LogP contribution >= 0.6 is 0 Å². The Balaban J connectivity index is 0.000000967. The Kier molecular flexibility index (Phi) is 7.38. The first-order valence-corrected chi connectivity index (χ1v) is 12.0. The number of nitriles is 1. The van der Waals surface area contributed by atoms with Crippen molar-refractivity contribution < 1.29 is 14.6 Å². The maximum absolute atomic E-state index is 9.40. The van der Waals surface area contributed by atoms with Crippen LogP contribution in [0.25, 0.3) is 10.8 Å². The zero-order valence-electron chi connectivity index (χ0n) is 21.2. The normalized spacial score (nSPS) is 17.5. The number of carboxylic acid groups (broad SMARTS) is 1. The Morgan fingerprint density at radius 3 is 2.67 bits per heavy atom. The zero-order valence-corrected chi connectivity index (χ0v) is 21.2. The van der Waals surface area contributed by atoms with Crippen LogP contribution in [0.1, 0.15) is 35.3 Å². The number of hydrogen-bond donors (Lipinski definition) is 2. The molecule has 0 aliphatic carbocycles. The maximum Gasteiger partial charge on any atom is 0.290 e. The molecule has 188 valence electrons. The quantitative estimate of drug-likeness (QED) is 0.532. The minimum atomic E-state index is -0.250. The third-order valence-electron chi connectivity index (χ3n) is 7.35. The Morgan fingerprint density at radius 2 is 1.97 bits per heavy atom. The fourth-order valence-corrected chi connectivity index (χ4v) is 5.10. The first-order chi connectivity index (χ1) is 17.3. The standard InChI is InChI=1S/C26H30N6O.CH2O2/c1-17-20(13-27)6-5-7-22(17)18(2)28-25-24-12-21(8-9-23(24)19(3)29-30-25)32-14-26(15-32)16-33-11-10-31(26)4;2-1-3/h5-9,12,18H,10-11,14-16H2,1-4H3,(H,28,30);1H,(H,2,3). The number of aromatic nitrogens is 2. The molecule has 2 saturated heterocycles. The van der Waals surface area contributed by atoms with Gasteiger partial charge < -0.3 is 20.1 Å². The van der Waals surface area contributed by atoms with Gasteiger partial charge in [-0.3, -0.25) is 9.69 Å². The number of nitrogens with zero attached hydrogens (tertiary/aromatic N) is 5. The van der Waals surface area contributed by atoms with E-state index >= 15 is 0 Å². The molecule has 2 aliphatic rings. The topological polar surface area (TPSA) is 115 Å². The van der Waals surface area contributed by atoms with Gasteiger partial charge in [0.15, 0.2) is 5.82 Å². The van der Waals surface area contributed by atoms with Crippen molar-refractivity contribution in [1.29, 1.82) is 5.26 Å². The average molecular weight is 489 g/mol. The van der Waals surface area contributed by atoms with Crippen molar-refractivity contribution >= 4 is 28.7 Å². The molecule has 3 heterocycles. The number of anilines is 2. The molecule has 1 unspecified atom stereocenters. The van der Waals surface area contributed by atoms with Crippen LogP contribution in [0, 0.1) is 25.2 Å². The summed E-state index contributed by atoms with van der Waals surface area (Å²) >= 11 is 0. The van der Waals surface area contributed by atoms with Crippen LogP contribution in [-0.2, 0) is 9.53 Å². The minimum absolute atomic E-state index is 0.0116. The van der Waals surface area contributed by atoms with Crippen molar-refractivity contribution in [2.45, 2.75) is 32.4 Å². The van der Waals surface area contributed by atoms with Gasteiger partial charge in [0.05, 0.1) is 42.1 Å². The number of rotatable bonds is 4. The molecule has 2 fully saturated rings. The molecular weight excluding hydrogens is 456 g/mol. The highest BCUT2D eigenvalue weighted by atomic mass is 16.5. The van der Waals surface area contributed by atoms with E-state index < -0.39 is 0 Å². The number of carbonyl (C=O) groups is 1. The van der Waals surface area contributed by atoms with Gasteiger partial charge in [-0.2, -0.15) is 10.4 Å². The number of nitrogens with one attached hydrogen (secondary N) is 1. The van der Waals surface area contributed by atoms with Crippen molar-refractivity contribution in [3.05, 3.63) is 58.8 Å². The maximum atomic E-state index is 9.40. The third kappa shape index (κ3) is 4.70. The minimum Gasteiger partial charge on any atom is -0.483 e. The van der Waals surface area contributed by atoms with Crippen LogP contribution < -0.4 is 10.2 Å². The lowest BCUT2D eigenvalue weighted by atomic mass is 9.87. The molecule has 2 aromatic carbocycles. The third-order valence-corrected chi connectivity index (χ3v) is 7.35. The Hall–Kier alpha value is -3.74. The predicted molar refractivity (Wildman–Crippen MR) is 139 cm³/mol. The van der Waals surface area contributed by atoms with Gasteiger partial charge >= 0.3 is 0 Å². The molecule has 1 spiro atoms. The largest absolute Gasteiger partial charge is 0.483 e. The van der Waals surface area contributed by atoms with Crippen LogP contribution in [0.5, 0.6) is 0 Å². The Morgan fingerprint density at radius 1 is 1.22 bits per heavy atom. The lowest BCUT2D eigenvalue weighted by Crippen LogP contribution is -2.73. The number of benzene rings is 2.